The van der Waals surface area contributed by atoms with Gasteiger partial charge in [0.05, 0.1) is 5.48 Å². The van der Waals surface area contributed by atoms with Crippen molar-refractivity contribution in [3.8, 4) is 0 Å². The largest absolute Gasteiger partial charge is 0.399 e. The molecule has 8 heavy (non-hydrogen) atoms. The van der Waals surface area contributed by atoms with Crippen molar-refractivity contribution in [3.63, 3.8) is 0 Å². The fourth-order valence-corrected chi connectivity index (χ4v) is 0.647. The molecule has 0 amide bonds. The van der Waals surface area contributed by atoms with Crippen LogP contribution in [0.5, 0.6) is 0 Å². The SMILES string of the molecule is [2H]c1c([2H])c(N)c([2H])c(Br)c1[2H]. The fourth-order valence-electron chi connectivity index (χ4n) is 0.334. The average molecular weight is 176 g/mol. The molecule has 0 spiro atoms. The van der Waals surface area contributed by atoms with Crippen molar-refractivity contribution in [3.05, 3.63) is 28.6 Å². The van der Waals surface area contributed by atoms with Gasteiger partial charge in [-0.25, -0.2) is 0 Å². The minimum Gasteiger partial charge on any atom is -0.399 e. The van der Waals surface area contributed by atoms with Gasteiger partial charge in [-0.15, -0.1) is 0 Å². The highest BCUT2D eigenvalue weighted by Gasteiger charge is 1.82. The van der Waals surface area contributed by atoms with Crippen LogP contribution in [0.1, 0.15) is 5.48 Å². The molecule has 0 unspecified atom stereocenters. The monoisotopic (exact) mass is 175 g/mol. The summed E-state index contributed by atoms with van der Waals surface area (Å²) in [6.07, 6.45) is 0. The van der Waals surface area contributed by atoms with E-state index in [0.29, 0.717) is 0 Å². The number of anilines is 1. The number of rotatable bonds is 0. The maximum absolute atomic E-state index is 7.33. The molecule has 0 saturated heterocycles. The van der Waals surface area contributed by atoms with Gasteiger partial charge in [-0.2, -0.15) is 0 Å². The highest BCUT2D eigenvalue weighted by atomic mass is 79.9. The molecule has 0 aromatic heterocycles. The maximum atomic E-state index is 7.33. The van der Waals surface area contributed by atoms with Gasteiger partial charge in [-0.05, 0) is 18.1 Å². The molecule has 0 saturated carbocycles. The number of halogens is 1. The van der Waals surface area contributed by atoms with Crippen molar-refractivity contribution < 1.29 is 5.48 Å². The predicted molar refractivity (Wildman–Crippen MR) is 38.6 cm³/mol. The quantitative estimate of drug-likeness (QED) is 0.601. The van der Waals surface area contributed by atoms with Gasteiger partial charge in [0.2, 0.25) is 0 Å². The van der Waals surface area contributed by atoms with E-state index < -0.39 is 0 Å². The van der Waals surface area contributed by atoms with Crippen molar-refractivity contribution in [2.75, 3.05) is 5.73 Å². The molecule has 0 aliphatic heterocycles. The first-order valence-corrected chi connectivity index (χ1v) is 2.77. The zero-order valence-corrected chi connectivity index (χ0v) is 5.54. The Kier molecular flexibility index (Phi) is 0.653. The second-order valence-corrected chi connectivity index (χ2v) is 2.02. The molecule has 2 N–H and O–H groups in total. The molecule has 1 aromatic rings. The van der Waals surface area contributed by atoms with Crippen molar-refractivity contribution in [2.24, 2.45) is 0 Å². The molecule has 42 valence electrons. The summed E-state index contributed by atoms with van der Waals surface area (Å²) in [6, 6.07) is -0.774. The minimum absolute atomic E-state index is 0.0668. The van der Waals surface area contributed by atoms with E-state index in [1.807, 2.05) is 0 Å². The van der Waals surface area contributed by atoms with E-state index in [2.05, 4.69) is 15.9 Å². The zero-order chi connectivity index (χ0) is 9.46. The number of nitrogens with two attached hydrogens (primary N) is 1. The first-order chi connectivity index (χ1) is 5.46. The Bertz CT molecular complexity index is 234. The molecule has 0 aliphatic carbocycles. The van der Waals surface area contributed by atoms with Gasteiger partial charge in [-0.1, -0.05) is 22.0 Å². The third kappa shape index (κ3) is 1.23. The Morgan fingerprint density at radius 1 is 1.62 bits per heavy atom. The summed E-state index contributed by atoms with van der Waals surface area (Å²) in [5, 5.41) is 0. The Morgan fingerprint density at radius 2 is 2.38 bits per heavy atom. The lowest BCUT2D eigenvalue weighted by Crippen LogP contribution is -1.80. The molecular weight excluding hydrogens is 166 g/mol. The molecule has 0 aliphatic rings. The van der Waals surface area contributed by atoms with Crippen LogP contribution in [0.2, 0.25) is 0 Å². The second-order valence-electron chi connectivity index (χ2n) is 1.23. The lowest BCUT2D eigenvalue weighted by molar-refractivity contribution is 1.64. The van der Waals surface area contributed by atoms with Gasteiger partial charge in [-0.3, -0.25) is 0 Å². The van der Waals surface area contributed by atoms with Crippen molar-refractivity contribution >= 4 is 21.6 Å². The van der Waals surface area contributed by atoms with Crippen LogP contribution >= 0.6 is 15.9 Å². The maximum Gasteiger partial charge on any atom is 0.0656 e. The lowest BCUT2D eigenvalue weighted by Gasteiger charge is -1.89. The van der Waals surface area contributed by atoms with Crippen LogP contribution in [0.3, 0.4) is 0 Å². The van der Waals surface area contributed by atoms with Gasteiger partial charge in [0, 0.05) is 10.2 Å². The fraction of sp³-hybridized carbons (Fsp3) is 0. The van der Waals surface area contributed by atoms with Crippen LogP contribution in [0.4, 0.5) is 5.69 Å². The molecule has 2 heteroatoms. The minimum atomic E-state index is -0.256. The summed E-state index contributed by atoms with van der Waals surface area (Å²) in [4.78, 5) is 0. The van der Waals surface area contributed by atoms with Gasteiger partial charge in [0.1, 0.15) is 0 Å². The third-order valence-corrected chi connectivity index (χ3v) is 1.01. The highest BCUT2D eigenvalue weighted by molar-refractivity contribution is 9.10. The van der Waals surface area contributed by atoms with Gasteiger partial charge in [0.15, 0.2) is 0 Å². The number of hydrogen-bond acceptors (Lipinski definition) is 1. The highest BCUT2D eigenvalue weighted by Crippen LogP contribution is 2.11. The smallest absolute Gasteiger partial charge is 0.0656 e. The van der Waals surface area contributed by atoms with Crippen molar-refractivity contribution in [1.29, 1.82) is 0 Å². The van der Waals surface area contributed by atoms with Crippen LogP contribution < -0.4 is 5.73 Å². The van der Waals surface area contributed by atoms with Crippen molar-refractivity contribution in [1.82, 2.24) is 0 Å². The molecule has 0 radical (unpaired) electrons. The Balaban J connectivity index is 3.60. The van der Waals surface area contributed by atoms with E-state index in [-0.39, 0.29) is 34.3 Å². The average Bonchev–Trinajstić information content (AvgIpc) is 2.08. The topological polar surface area (TPSA) is 26.0 Å². The zero-order valence-electron chi connectivity index (χ0n) is 7.96. The third-order valence-electron chi connectivity index (χ3n) is 0.614. The first kappa shape index (κ1) is 2.40. The summed E-state index contributed by atoms with van der Waals surface area (Å²) in [5.41, 5.74) is 5.28. The number of benzene rings is 1. The molecule has 1 nitrogen and oxygen atoms in total. The lowest BCUT2D eigenvalue weighted by atomic mass is 10.3. The van der Waals surface area contributed by atoms with Gasteiger partial charge in [0.25, 0.3) is 0 Å². The summed E-state index contributed by atoms with van der Waals surface area (Å²) in [5.74, 6) is 0. The number of nitrogen functional groups attached to an aromatic ring is 1. The number of hydrogen-bond donors (Lipinski definition) is 1. The van der Waals surface area contributed by atoms with Gasteiger partial charge >= 0.3 is 0 Å². The summed E-state index contributed by atoms with van der Waals surface area (Å²) < 4.78 is 29.3. The van der Waals surface area contributed by atoms with Crippen LogP contribution in [-0.4, -0.2) is 0 Å². The molecule has 0 heterocycles. The Hall–Kier alpha value is -0.500. The first-order valence-electron chi connectivity index (χ1n) is 3.98. The molecule has 1 rings (SSSR count). The molecule has 1 aromatic carbocycles. The van der Waals surface area contributed by atoms with Crippen LogP contribution in [-0.2, 0) is 0 Å². The van der Waals surface area contributed by atoms with E-state index in [1.165, 1.54) is 0 Å². The second kappa shape index (κ2) is 2.18. The molecular formula is C6H6BrN. The molecule has 0 atom stereocenters. The summed E-state index contributed by atoms with van der Waals surface area (Å²) >= 11 is 2.96. The van der Waals surface area contributed by atoms with Gasteiger partial charge < -0.3 is 5.73 Å². The standard InChI is InChI=1S/C6H6BrN/c7-5-2-1-3-6(8)4-5/h1-4H,8H2/i1D,2D,3D,4D. The van der Waals surface area contributed by atoms with Crippen LogP contribution in [0.15, 0.2) is 28.6 Å². The van der Waals surface area contributed by atoms with E-state index in [1.54, 1.807) is 0 Å². The Morgan fingerprint density at radius 3 is 3.12 bits per heavy atom. The van der Waals surface area contributed by atoms with E-state index in [0.717, 1.165) is 0 Å². The summed E-state index contributed by atoms with van der Waals surface area (Å²) in [6.45, 7) is 0. The van der Waals surface area contributed by atoms with Crippen molar-refractivity contribution in [2.45, 2.75) is 0 Å². The Labute approximate surface area is 62.3 Å². The predicted octanol–water partition coefficient (Wildman–Crippen LogP) is 2.03. The van der Waals surface area contributed by atoms with Crippen LogP contribution in [0, 0.1) is 0 Å². The van der Waals surface area contributed by atoms with E-state index >= 15 is 0 Å². The van der Waals surface area contributed by atoms with E-state index in [4.69, 9.17) is 11.2 Å². The normalized spacial score (nSPS) is 16.1. The molecule has 0 fully saturated rings. The summed E-state index contributed by atoms with van der Waals surface area (Å²) in [7, 11) is 0. The van der Waals surface area contributed by atoms with E-state index in [9.17, 15) is 0 Å². The van der Waals surface area contributed by atoms with Crippen LogP contribution in [0.25, 0.3) is 0 Å². The molecule has 0 bridgehead atoms.